The van der Waals surface area contributed by atoms with Crippen LogP contribution in [-0.2, 0) is 0 Å². The van der Waals surface area contributed by atoms with E-state index in [1.54, 1.807) is 11.8 Å². The van der Waals surface area contributed by atoms with Crippen molar-refractivity contribution in [2.45, 2.75) is 16.7 Å². The fourth-order valence-electron chi connectivity index (χ4n) is 1.66. The second-order valence-electron chi connectivity index (χ2n) is 4.03. The number of benzene rings is 2. The van der Waals surface area contributed by atoms with Crippen molar-refractivity contribution < 1.29 is 4.92 Å². The topological polar surface area (TPSA) is 43.1 Å². The molecule has 0 amide bonds. The molecule has 2 aromatic rings. The van der Waals surface area contributed by atoms with Gasteiger partial charge in [0.15, 0.2) is 0 Å². The Balaban J connectivity index is 2.17. The third kappa shape index (κ3) is 3.96. The van der Waals surface area contributed by atoms with Gasteiger partial charge < -0.3 is 0 Å². The summed E-state index contributed by atoms with van der Waals surface area (Å²) in [6.45, 7) is 1.95. The molecule has 0 N–H and O–H groups in total. The van der Waals surface area contributed by atoms with Gasteiger partial charge in [-0.2, -0.15) is 0 Å². The van der Waals surface area contributed by atoms with Crippen molar-refractivity contribution in [1.82, 2.24) is 0 Å². The number of aryl methyl sites for hydroxylation is 1. The van der Waals surface area contributed by atoms with Crippen molar-refractivity contribution in [2.75, 3.05) is 0 Å². The highest BCUT2D eigenvalue weighted by Gasteiger charge is 2.01. The SMILES string of the molecule is Cc1cc(Sc2ccccc2)ccc1/C=C/[N+](=O)[O-]. The molecule has 0 bridgehead atoms. The van der Waals surface area contributed by atoms with Gasteiger partial charge in [0.2, 0.25) is 6.20 Å². The van der Waals surface area contributed by atoms with Gasteiger partial charge in [-0.1, -0.05) is 36.0 Å². The van der Waals surface area contributed by atoms with E-state index in [-0.39, 0.29) is 0 Å². The van der Waals surface area contributed by atoms with Crippen LogP contribution >= 0.6 is 11.8 Å². The zero-order valence-corrected chi connectivity index (χ0v) is 11.3. The van der Waals surface area contributed by atoms with Crippen LogP contribution in [0, 0.1) is 17.0 Å². The van der Waals surface area contributed by atoms with Crippen molar-refractivity contribution in [3.8, 4) is 0 Å². The second kappa shape index (κ2) is 6.20. The molecule has 0 atom stereocenters. The lowest BCUT2D eigenvalue weighted by atomic mass is 10.1. The molecular formula is C15H13NO2S. The molecular weight excluding hydrogens is 258 g/mol. The molecule has 0 aromatic heterocycles. The van der Waals surface area contributed by atoms with Crippen LogP contribution in [0.25, 0.3) is 6.08 Å². The molecule has 0 aliphatic heterocycles. The Kier molecular flexibility index (Phi) is 4.36. The average Bonchev–Trinajstić information content (AvgIpc) is 2.39. The molecule has 0 saturated heterocycles. The molecule has 0 aliphatic carbocycles. The minimum Gasteiger partial charge on any atom is -0.259 e. The van der Waals surface area contributed by atoms with Crippen LogP contribution < -0.4 is 0 Å². The molecule has 0 heterocycles. The van der Waals surface area contributed by atoms with Crippen molar-refractivity contribution in [2.24, 2.45) is 0 Å². The van der Waals surface area contributed by atoms with Crippen LogP contribution in [-0.4, -0.2) is 4.92 Å². The van der Waals surface area contributed by atoms with Gasteiger partial charge in [-0.15, -0.1) is 0 Å². The van der Waals surface area contributed by atoms with Crippen LogP contribution in [0.3, 0.4) is 0 Å². The zero-order valence-electron chi connectivity index (χ0n) is 10.4. The molecule has 0 spiro atoms. The number of nitro groups is 1. The van der Waals surface area contributed by atoms with E-state index in [1.807, 2.05) is 43.3 Å². The van der Waals surface area contributed by atoms with Gasteiger partial charge in [-0.25, -0.2) is 0 Å². The zero-order chi connectivity index (χ0) is 13.7. The highest BCUT2D eigenvalue weighted by molar-refractivity contribution is 7.99. The number of hydrogen-bond acceptors (Lipinski definition) is 3. The Morgan fingerprint density at radius 1 is 1.11 bits per heavy atom. The first-order valence-corrected chi connectivity index (χ1v) is 6.62. The predicted octanol–water partition coefficient (Wildman–Crippen LogP) is 4.39. The first-order chi connectivity index (χ1) is 9.15. The van der Waals surface area contributed by atoms with Gasteiger partial charge in [0, 0.05) is 15.9 Å². The maximum atomic E-state index is 10.3. The summed E-state index contributed by atoms with van der Waals surface area (Å²) in [7, 11) is 0. The molecule has 0 unspecified atom stereocenters. The number of hydrogen-bond donors (Lipinski definition) is 0. The smallest absolute Gasteiger partial charge is 0.235 e. The predicted molar refractivity (Wildman–Crippen MR) is 77.8 cm³/mol. The standard InChI is InChI=1S/C15H13NO2S/c1-12-11-15(19-14-5-3-2-4-6-14)8-7-13(12)9-10-16(17)18/h2-11H,1H3/b10-9+. The number of nitrogens with zero attached hydrogens (tertiary/aromatic N) is 1. The Labute approximate surface area is 116 Å². The Morgan fingerprint density at radius 3 is 2.47 bits per heavy atom. The van der Waals surface area contributed by atoms with Crippen LogP contribution in [0.15, 0.2) is 64.5 Å². The van der Waals surface area contributed by atoms with Crippen molar-refractivity contribution in [1.29, 1.82) is 0 Å². The van der Waals surface area contributed by atoms with Crippen LogP contribution in [0.1, 0.15) is 11.1 Å². The fourth-order valence-corrected chi connectivity index (χ4v) is 2.60. The normalized spacial score (nSPS) is 10.8. The summed E-state index contributed by atoms with van der Waals surface area (Å²) in [5.41, 5.74) is 1.90. The van der Waals surface area contributed by atoms with Gasteiger partial charge >= 0.3 is 0 Å². The molecule has 0 saturated carbocycles. The average molecular weight is 271 g/mol. The third-order valence-corrected chi connectivity index (χ3v) is 3.59. The molecule has 0 radical (unpaired) electrons. The van der Waals surface area contributed by atoms with E-state index in [1.165, 1.54) is 11.0 Å². The summed E-state index contributed by atoms with van der Waals surface area (Å²) < 4.78 is 0. The van der Waals surface area contributed by atoms with Gasteiger partial charge in [-0.3, -0.25) is 10.1 Å². The van der Waals surface area contributed by atoms with E-state index < -0.39 is 4.92 Å². The molecule has 96 valence electrons. The Hall–Kier alpha value is -2.07. The van der Waals surface area contributed by atoms with E-state index in [0.717, 1.165) is 22.2 Å². The largest absolute Gasteiger partial charge is 0.259 e. The summed E-state index contributed by atoms with van der Waals surface area (Å²) in [5, 5.41) is 10.3. The molecule has 2 aromatic carbocycles. The van der Waals surface area contributed by atoms with Crippen molar-refractivity contribution in [3.05, 3.63) is 76.0 Å². The molecule has 2 rings (SSSR count). The van der Waals surface area contributed by atoms with E-state index in [0.29, 0.717) is 0 Å². The van der Waals surface area contributed by atoms with Crippen LogP contribution in [0.4, 0.5) is 0 Å². The summed E-state index contributed by atoms with van der Waals surface area (Å²) in [6, 6.07) is 16.0. The van der Waals surface area contributed by atoms with Gasteiger partial charge in [0.05, 0.1) is 4.92 Å². The molecule has 0 fully saturated rings. The van der Waals surface area contributed by atoms with Gasteiger partial charge in [-0.05, 0) is 42.3 Å². The summed E-state index contributed by atoms with van der Waals surface area (Å²) >= 11 is 1.68. The van der Waals surface area contributed by atoms with Gasteiger partial charge in [0.25, 0.3) is 0 Å². The van der Waals surface area contributed by atoms with Crippen molar-refractivity contribution in [3.63, 3.8) is 0 Å². The quantitative estimate of drug-likeness (QED) is 0.611. The Bertz CT molecular complexity index is 609. The molecule has 19 heavy (non-hydrogen) atoms. The number of rotatable bonds is 4. The van der Waals surface area contributed by atoms with E-state index in [4.69, 9.17) is 0 Å². The third-order valence-electron chi connectivity index (χ3n) is 2.60. The lowest BCUT2D eigenvalue weighted by Crippen LogP contribution is -1.85. The van der Waals surface area contributed by atoms with E-state index in [2.05, 4.69) is 12.1 Å². The first-order valence-electron chi connectivity index (χ1n) is 5.80. The lowest BCUT2D eigenvalue weighted by Gasteiger charge is -2.05. The minimum atomic E-state index is -0.452. The van der Waals surface area contributed by atoms with Gasteiger partial charge in [0.1, 0.15) is 0 Å². The maximum absolute atomic E-state index is 10.3. The molecule has 4 heteroatoms. The fraction of sp³-hybridized carbons (Fsp3) is 0.0667. The summed E-state index contributed by atoms with van der Waals surface area (Å²) in [6.07, 6.45) is 2.48. The highest BCUT2D eigenvalue weighted by atomic mass is 32.2. The van der Waals surface area contributed by atoms with Crippen LogP contribution in [0.2, 0.25) is 0 Å². The monoisotopic (exact) mass is 271 g/mol. The lowest BCUT2D eigenvalue weighted by molar-refractivity contribution is -0.400. The van der Waals surface area contributed by atoms with Crippen molar-refractivity contribution >= 4 is 17.8 Å². The van der Waals surface area contributed by atoms with Crippen LogP contribution in [0.5, 0.6) is 0 Å². The second-order valence-corrected chi connectivity index (χ2v) is 5.18. The molecule has 0 aliphatic rings. The Morgan fingerprint density at radius 2 is 1.84 bits per heavy atom. The maximum Gasteiger partial charge on any atom is 0.235 e. The highest BCUT2D eigenvalue weighted by Crippen LogP contribution is 2.29. The molecule has 3 nitrogen and oxygen atoms in total. The first kappa shape index (κ1) is 13.4. The summed E-state index contributed by atoms with van der Waals surface area (Å²) in [5.74, 6) is 0. The summed E-state index contributed by atoms with van der Waals surface area (Å²) in [4.78, 5) is 12.2. The van der Waals surface area contributed by atoms with E-state index in [9.17, 15) is 10.1 Å². The van der Waals surface area contributed by atoms with E-state index >= 15 is 0 Å². The minimum absolute atomic E-state index is 0.452.